The molecule has 0 fully saturated rings. The zero-order chi connectivity index (χ0) is 20.2. The van der Waals surface area contributed by atoms with E-state index in [0.717, 1.165) is 36.0 Å². The predicted octanol–water partition coefficient (Wildman–Crippen LogP) is 3.50. The lowest BCUT2D eigenvalue weighted by molar-refractivity contribution is 0.401. The van der Waals surface area contributed by atoms with Crippen molar-refractivity contribution >= 4 is 36.7 Å². The van der Waals surface area contributed by atoms with Gasteiger partial charge in [-0.05, 0) is 48.7 Å². The van der Waals surface area contributed by atoms with Gasteiger partial charge in [0.2, 0.25) is 0 Å². The largest absolute Gasteiger partial charge is 0.495 e. The molecule has 0 bridgehead atoms. The second kappa shape index (κ2) is 7.15. The minimum atomic E-state index is -3.56. The smallest absolute Gasteiger partial charge is 0.186 e. The first-order valence-electron chi connectivity index (χ1n) is 9.90. The van der Waals surface area contributed by atoms with Gasteiger partial charge in [-0.1, -0.05) is 34.1 Å². The molecule has 1 aromatic heterocycles. The van der Waals surface area contributed by atoms with Gasteiger partial charge in [-0.3, -0.25) is 0 Å². The maximum Gasteiger partial charge on any atom is 0.186 e. The van der Waals surface area contributed by atoms with E-state index >= 15 is 0 Å². The molecule has 2 aliphatic heterocycles. The van der Waals surface area contributed by atoms with E-state index in [4.69, 9.17) is 4.74 Å². The zero-order valence-electron chi connectivity index (χ0n) is 16.2. The highest BCUT2D eigenvalue weighted by Crippen LogP contribution is 2.38. The van der Waals surface area contributed by atoms with Crippen molar-refractivity contribution in [3.05, 3.63) is 57.7 Å². The van der Waals surface area contributed by atoms with Crippen LogP contribution in [0.1, 0.15) is 16.8 Å². The van der Waals surface area contributed by atoms with Crippen molar-refractivity contribution in [1.29, 1.82) is 0 Å². The molecular formula is C22H23BrN2O3S. The Labute approximate surface area is 179 Å². The topological polar surface area (TPSA) is 60.3 Å². The molecular weight excluding hydrogens is 452 g/mol. The van der Waals surface area contributed by atoms with Crippen LogP contribution in [-0.4, -0.2) is 38.4 Å². The van der Waals surface area contributed by atoms with Gasteiger partial charge in [0, 0.05) is 35.1 Å². The second-order valence-corrected chi connectivity index (χ2v) is 10.9. The molecule has 2 aliphatic rings. The fourth-order valence-electron chi connectivity index (χ4n) is 4.86. The highest BCUT2D eigenvalue weighted by atomic mass is 79.9. The molecule has 1 unspecified atom stereocenters. The van der Waals surface area contributed by atoms with Crippen molar-refractivity contribution in [2.45, 2.75) is 36.0 Å². The van der Waals surface area contributed by atoms with Crippen LogP contribution in [0.2, 0.25) is 0 Å². The van der Waals surface area contributed by atoms with Gasteiger partial charge in [0.05, 0.1) is 17.9 Å². The lowest BCUT2D eigenvalue weighted by Crippen LogP contribution is -2.33. The maximum absolute atomic E-state index is 13.6. The van der Waals surface area contributed by atoms with Crippen LogP contribution in [0.3, 0.4) is 0 Å². The Kier molecular flexibility index (Phi) is 4.72. The van der Waals surface area contributed by atoms with Gasteiger partial charge < -0.3 is 14.6 Å². The summed E-state index contributed by atoms with van der Waals surface area (Å²) in [7, 11) is -2.04. The second-order valence-electron chi connectivity index (χ2n) is 7.77. The summed E-state index contributed by atoms with van der Waals surface area (Å²) in [4.78, 5) is 0.267. The molecule has 3 aromatic rings. The van der Waals surface area contributed by atoms with Crippen molar-refractivity contribution in [3.8, 4) is 5.75 Å². The molecule has 0 saturated heterocycles. The van der Waals surface area contributed by atoms with E-state index in [9.17, 15) is 8.42 Å². The number of hydrogen-bond donors (Lipinski definition) is 1. The Bertz CT molecular complexity index is 1220. The molecule has 5 rings (SSSR count). The summed E-state index contributed by atoms with van der Waals surface area (Å²) < 4.78 is 35.8. The number of fused-ring (bicyclic) bond motifs is 3. The Hall–Kier alpha value is -1.83. The summed E-state index contributed by atoms with van der Waals surface area (Å²) in [6.07, 6.45) is 2.44. The fourth-order valence-corrected chi connectivity index (χ4v) is 6.98. The molecule has 5 nitrogen and oxygen atoms in total. The quantitative estimate of drug-likeness (QED) is 0.630. The van der Waals surface area contributed by atoms with Crippen LogP contribution in [0, 0.1) is 0 Å². The number of hydrogen-bond acceptors (Lipinski definition) is 4. The normalized spacial score (nSPS) is 19.0. The number of methoxy groups -OCH3 is 1. The molecule has 0 aliphatic carbocycles. The average molecular weight is 475 g/mol. The van der Waals surface area contributed by atoms with Crippen LogP contribution < -0.4 is 10.1 Å². The van der Waals surface area contributed by atoms with Crippen LogP contribution in [0.15, 0.2) is 45.8 Å². The van der Waals surface area contributed by atoms with Crippen molar-refractivity contribution in [2.75, 3.05) is 20.2 Å². The molecule has 29 heavy (non-hydrogen) atoms. The molecule has 0 amide bonds. The van der Waals surface area contributed by atoms with E-state index < -0.39 is 15.1 Å². The van der Waals surface area contributed by atoms with Crippen LogP contribution >= 0.6 is 15.9 Å². The molecule has 1 N–H and O–H groups in total. The van der Waals surface area contributed by atoms with Gasteiger partial charge in [-0.25, -0.2) is 8.42 Å². The number of sulfone groups is 1. The maximum atomic E-state index is 13.6. The Morgan fingerprint density at radius 1 is 1.17 bits per heavy atom. The van der Waals surface area contributed by atoms with Crippen LogP contribution in [0.5, 0.6) is 5.75 Å². The van der Waals surface area contributed by atoms with Crippen molar-refractivity contribution in [2.24, 2.45) is 0 Å². The summed E-state index contributed by atoms with van der Waals surface area (Å²) in [5.74, 6) is 0.388. The number of rotatable bonds is 3. The molecule has 0 spiro atoms. The minimum absolute atomic E-state index is 0.267. The average Bonchev–Trinajstić information content (AvgIpc) is 2.88. The van der Waals surface area contributed by atoms with E-state index in [0.29, 0.717) is 18.7 Å². The molecule has 2 aromatic carbocycles. The molecule has 7 heteroatoms. The number of aromatic nitrogens is 1. The first kappa shape index (κ1) is 19.2. The third kappa shape index (κ3) is 3.02. The first-order chi connectivity index (χ1) is 14.0. The first-order valence-corrected chi connectivity index (χ1v) is 12.2. The van der Waals surface area contributed by atoms with Crippen molar-refractivity contribution in [1.82, 2.24) is 9.88 Å². The third-order valence-corrected chi connectivity index (χ3v) is 8.82. The number of nitrogens with zero attached hydrogens (tertiary/aromatic N) is 1. The van der Waals surface area contributed by atoms with E-state index in [-0.39, 0.29) is 4.90 Å². The monoisotopic (exact) mass is 474 g/mol. The zero-order valence-corrected chi connectivity index (χ0v) is 18.6. The van der Waals surface area contributed by atoms with Crippen LogP contribution in [-0.2, 0) is 35.6 Å². The number of ether oxygens (including phenoxy) is 1. The molecule has 3 heterocycles. The van der Waals surface area contributed by atoms with Gasteiger partial charge in [-0.15, -0.1) is 0 Å². The highest BCUT2D eigenvalue weighted by molar-refractivity contribution is 9.10. The number of nitrogens with one attached hydrogen (secondary N) is 1. The van der Waals surface area contributed by atoms with E-state index in [1.54, 1.807) is 18.2 Å². The summed E-state index contributed by atoms with van der Waals surface area (Å²) in [6.45, 7) is 2.38. The van der Waals surface area contributed by atoms with E-state index in [1.165, 1.54) is 29.3 Å². The Balaban J connectivity index is 1.64. The molecule has 0 radical (unpaired) electrons. The van der Waals surface area contributed by atoms with Gasteiger partial charge >= 0.3 is 0 Å². The lowest BCUT2D eigenvalue weighted by atomic mass is 10.0. The molecule has 1 atom stereocenters. The minimum Gasteiger partial charge on any atom is -0.495 e. The summed E-state index contributed by atoms with van der Waals surface area (Å²) in [6, 6.07) is 11.5. The van der Waals surface area contributed by atoms with Crippen molar-refractivity contribution in [3.63, 3.8) is 0 Å². The molecule has 0 saturated carbocycles. The number of benzene rings is 2. The van der Waals surface area contributed by atoms with Gasteiger partial charge in [0.1, 0.15) is 10.6 Å². The summed E-state index contributed by atoms with van der Waals surface area (Å²) >= 11 is 3.40. The lowest BCUT2D eigenvalue weighted by Gasteiger charge is -2.27. The van der Waals surface area contributed by atoms with E-state index in [2.05, 4.69) is 44.0 Å². The summed E-state index contributed by atoms with van der Waals surface area (Å²) in [5, 5.41) is 4.24. The molecule has 152 valence electrons. The van der Waals surface area contributed by atoms with Gasteiger partial charge in [0.25, 0.3) is 0 Å². The summed E-state index contributed by atoms with van der Waals surface area (Å²) in [5.41, 5.74) is 5.03. The van der Waals surface area contributed by atoms with Gasteiger partial charge in [-0.2, -0.15) is 0 Å². The Morgan fingerprint density at radius 2 is 2.00 bits per heavy atom. The van der Waals surface area contributed by atoms with Gasteiger partial charge in [0.15, 0.2) is 9.84 Å². The van der Waals surface area contributed by atoms with E-state index in [1.807, 2.05) is 0 Å². The van der Waals surface area contributed by atoms with Crippen LogP contribution in [0.25, 0.3) is 10.9 Å². The third-order valence-electron chi connectivity index (χ3n) is 6.18. The van der Waals surface area contributed by atoms with Crippen LogP contribution in [0.4, 0.5) is 0 Å². The Morgan fingerprint density at radius 3 is 2.83 bits per heavy atom. The number of halogens is 1. The van der Waals surface area contributed by atoms with Crippen molar-refractivity contribution < 1.29 is 13.2 Å². The number of para-hydroxylation sites is 1. The fraction of sp³-hybridized carbons (Fsp3) is 0.364. The SMILES string of the molecule is COc1cc(Br)ccc1S(=O)(=O)C1Cc2cccc3c4c(n(c23)C1)CCNCC4. The standard InChI is InChI=1S/C22H23BrN2O3S/c1-28-20-12-15(23)5-6-21(20)29(26,27)16-11-14-3-2-4-18-17-7-9-24-10-8-19(17)25(13-16)22(14)18/h2-6,12,16,24H,7-11,13H2,1H3. The predicted molar refractivity (Wildman–Crippen MR) is 118 cm³/mol. The highest BCUT2D eigenvalue weighted by Gasteiger charge is 2.36.